The van der Waals surface area contributed by atoms with Gasteiger partial charge >= 0.3 is 5.97 Å². The van der Waals surface area contributed by atoms with Crippen LogP contribution in [0, 0.1) is 36.0 Å². The van der Waals surface area contributed by atoms with Crippen molar-refractivity contribution < 1.29 is 25.2 Å². The molecular formula is C16H20O5. The van der Waals surface area contributed by atoms with Gasteiger partial charge in [0, 0.05) is 6.42 Å². The fraction of sp³-hybridized carbons (Fsp3) is 0.562. The molecule has 0 aliphatic rings. The first-order valence-electron chi connectivity index (χ1n) is 6.71. The van der Waals surface area contributed by atoms with Crippen LogP contribution >= 0.6 is 0 Å². The van der Waals surface area contributed by atoms with Crippen LogP contribution in [-0.2, 0) is 4.79 Å². The maximum absolute atomic E-state index is 10.3. The fourth-order valence-electron chi connectivity index (χ4n) is 1.63. The maximum atomic E-state index is 10.3. The largest absolute Gasteiger partial charge is 0.481 e. The molecule has 0 saturated carbocycles. The second-order valence-electron chi connectivity index (χ2n) is 4.51. The predicted octanol–water partition coefficient (Wildman–Crippen LogP) is 0.134. The molecule has 21 heavy (non-hydrogen) atoms. The van der Waals surface area contributed by atoms with Crippen molar-refractivity contribution in [2.45, 2.75) is 56.8 Å². The molecule has 114 valence electrons. The zero-order chi connectivity index (χ0) is 16.1. The van der Waals surface area contributed by atoms with Gasteiger partial charge in [-0.15, -0.1) is 6.42 Å². The molecule has 0 spiro atoms. The van der Waals surface area contributed by atoms with Gasteiger partial charge in [-0.2, -0.15) is 0 Å². The minimum absolute atomic E-state index is 0.137. The van der Waals surface area contributed by atoms with Gasteiger partial charge in [0.25, 0.3) is 0 Å². The lowest BCUT2D eigenvalue weighted by molar-refractivity contribution is -0.137. The van der Waals surface area contributed by atoms with Gasteiger partial charge in [0.2, 0.25) is 0 Å². The highest BCUT2D eigenvalue weighted by Crippen LogP contribution is 2.11. The van der Waals surface area contributed by atoms with Gasteiger partial charge < -0.3 is 20.4 Å². The van der Waals surface area contributed by atoms with E-state index in [1.807, 2.05) is 0 Å². The van der Waals surface area contributed by atoms with Gasteiger partial charge in [0.1, 0.15) is 12.2 Å². The van der Waals surface area contributed by atoms with Crippen LogP contribution in [0.25, 0.3) is 0 Å². The Morgan fingerprint density at radius 1 is 1.00 bits per heavy atom. The Morgan fingerprint density at radius 3 is 2.29 bits per heavy atom. The summed E-state index contributed by atoms with van der Waals surface area (Å²) in [5.41, 5.74) is 0. The minimum Gasteiger partial charge on any atom is -0.481 e. The summed E-state index contributed by atoms with van der Waals surface area (Å²) in [6.45, 7) is 0. The molecule has 0 aromatic carbocycles. The van der Waals surface area contributed by atoms with E-state index in [0.29, 0.717) is 19.3 Å². The third-order valence-corrected chi connectivity index (χ3v) is 2.78. The summed E-state index contributed by atoms with van der Waals surface area (Å²) in [7, 11) is 0. The molecule has 0 amide bonds. The molecule has 3 atom stereocenters. The molecule has 0 rings (SSSR count). The first kappa shape index (κ1) is 19.0. The van der Waals surface area contributed by atoms with E-state index in [2.05, 4.69) is 29.6 Å². The van der Waals surface area contributed by atoms with E-state index in [9.17, 15) is 20.1 Å². The van der Waals surface area contributed by atoms with Gasteiger partial charge in [-0.3, -0.25) is 4.79 Å². The molecule has 0 aromatic heterocycles. The Labute approximate surface area is 125 Å². The number of aliphatic carboxylic acids is 1. The zero-order valence-electron chi connectivity index (χ0n) is 11.7. The van der Waals surface area contributed by atoms with E-state index in [-0.39, 0.29) is 6.42 Å². The molecule has 5 nitrogen and oxygen atoms in total. The number of hydrogen-bond acceptors (Lipinski definition) is 4. The smallest absolute Gasteiger partial charge is 0.303 e. The van der Waals surface area contributed by atoms with Crippen molar-refractivity contribution in [3.63, 3.8) is 0 Å². The lowest BCUT2D eigenvalue weighted by atomic mass is 10.0. The highest BCUT2D eigenvalue weighted by atomic mass is 16.4. The fourth-order valence-corrected chi connectivity index (χ4v) is 1.63. The molecule has 0 aromatic rings. The SMILES string of the molecule is C#CC#CC#C[C@@H](O)[C@@H](O)[C@@H](O)CCCCCCC(=O)O. The molecular weight excluding hydrogens is 272 g/mol. The highest BCUT2D eigenvalue weighted by Gasteiger charge is 2.22. The quantitative estimate of drug-likeness (QED) is 0.358. The van der Waals surface area contributed by atoms with Crippen LogP contribution in [0.15, 0.2) is 0 Å². The number of rotatable bonds is 9. The molecule has 4 N–H and O–H groups in total. The Balaban J connectivity index is 3.93. The molecule has 0 radical (unpaired) electrons. The monoisotopic (exact) mass is 292 g/mol. The van der Waals surface area contributed by atoms with E-state index >= 15 is 0 Å². The van der Waals surface area contributed by atoms with Crippen LogP contribution in [0.5, 0.6) is 0 Å². The summed E-state index contributed by atoms with van der Waals surface area (Å²) >= 11 is 0. The molecule has 5 heteroatoms. The second-order valence-corrected chi connectivity index (χ2v) is 4.51. The second kappa shape index (κ2) is 11.8. The van der Waals surface area contributed by atoms with Crippen molar-refractivity contribution in [3.8, 4) is 36.0 Å². The van der Waals surface area contributed by atoms with Crippen LogP contribution in [0.1, 0.15) is 38.5 Å². The van der Waals surface area contributed by atoms with E-state index < -0.39 is 24.3 Å². The Kier molecular flexibility index (Phi) is 10.7. The summed E-state index contributed by atoms with van der Waals surface area (Å²) in [4.78, 5) is 10.3. The van der Waals surface area contributed by atoms with Crippen LogP contribution in [0.3, 0.4) is 0 Å². The number of hydrogen-bond donors (Lipinski definition) is 4. The van der Waals surface area contributed by atoms with Crippen LogP contribution < -0.4 is 0 Å². The number of carbonyl (C=O) groups is 1. The Morgan fingerprint density at radius 2 is 1.67 bits per heavy atom. The molecule has 0 heterocycles. The van der Waals surface area contributed by atoms with Crippen LogP contribution in [-0.4, -0.2) is 44.7 Å². The lowest BCUT2D eigenvalue weighted by Gasteiger charge is -2.19. The van der Waals surface area contributed by atoms with Crippen molar-refractivity contribution >= 4 is 5.97 Å². The summed E-state index contributed by atoms with van der Waals surface area (Å²) < 4.78 is 0. The molecule has 0 aliphatic heterocycles. The maximum Gasteiger partial charge on any atom is 0.303 e. The van der Waals surface area contributed by atoms with Crippen LogP contribution in [0.2, 0.25) is 0 Å². The first-order valence-corrected chi connectivity index (χ1v) is 6.71. The first-order chi connectivity index (χ1) is 9.99. The average Bonchev–Trinajstić information content (AvgIpc) is 2.45. The van der Waals surface area contributed by atoms with Gasteiger partial charge in [-0.25, -0.2) is 0 Å². The van der Waals surface area contributed by atoms with E-state index in [1.54, 1.807) is 0 Å². The summed E-state index contributed by atoms with van der Waals surface area (Å²) in [5, 5.41) is 37.3. The number of carboxylic acid groups (broad SMARTS) is 1. The van der Waals surface area contributed by atoms with E-state index in [0.717, 1.165) is 12.8 Å². The average molecular weight is 292 g/mol. The van der Waals surface area contributed by atoms with Crippen LogP contribution in [0.4, 0.5) is 0 Å². The number of unbranched alkanes of at least 4 members (excludes halogenated alkanes) is 3. The van der Waals surface area contributed by atoms with Crippen molar-refractivity contribution in [1.29, 1.82) is 0 Å². The van der Waals surface area contributed by atoms with Gasteiger partial charge in [-0.05, 0) is 36.5 Å². The molecule has 0 fully saturated rings. The van der Waals surface area contributed by atoms with Crippen molar-refractivity contribution in [2.24, 2.45) is 0 Å². The van der Waals surface area contributed by atoms with Gasteiger partial charge in [0.05, 0.1) is 6.10 Å². The molecule has 0 unspecified atom stereocenters. The molecule has 0 aliphatic carbocycles. The van der Waals surface area contributed by atoms with Crippen molar-refractivity contribution in [1.82, 2.24) is 0 Å². The highest BCUT2D eigenvalue weighted by molar-refractivity contribution is 5.66. The molecule has 0 saturated heterocycles. The van der Waals surface area contributed by atoms with E-state index in [4.69, 9.17) is 11.5 Å². The Hall–Kier alpha value is -1.97. The number of aliphatic hydroxyl groups excluding tert-OH is 3. The number of terminal acetylenes is 1. The normalized spacial score (nSPS) is 13.6. The summed E-state index contributed by atoms with van der Waals surface area (Å²) in [5.74, 6) is 10.3. The number of carboxylic acids is 1. The van der Waals surface area contributed by atoms with Crippen molar-refractivity contribution in [3.05, 3.63) is 0 Å². The van der Waals surface area contributed by atoms with E-state index in [1.165, 1.54) is 0 Å². The molecule has 0 bridgehead atoms. The zero-order valence-corrected chi connectivity index (χ0v) is 11.7. The minimum atomic E-state index is -1.39. The number of aliphatic hydroxyl groups is 3. The standard InChI is InChI=1S/C16H20O5/c1-2-3-4-7-10-13(17)16(21)14(18)11-8-5-6-9-12-15(19)20/h1,13-14,16-18,21H,5-6,8-9,11-12H2,(H,19,20)/t13-,14+,16-/m1/s1. The van der Waals surface area contributed by atoms with Gasteiger partial charge in [-0.1, -0.05) is 25.2 Å². The topological polar surface area (TPSA) is 98.0 Å². The Bertz CT molecular complexity index is 469. The van der Waals surface area contributed by atoms with Gasteiger partial charge in [0.15, 0.2) is 0 Å². The van der Waals surface area contributed by atoms with Crippen molar-refractivity contribution in [2.75, 3.05) is 0 Å². The third-order valence-electron chi connectivity index (χ3n) is 2.78. The predicted molar refractivity (Wildman–Crippen MR) is 77.7 cm³/mol. The lowest BCUT2D eigenvalue weighted by Crippen LogP contribution is -2.36. The summed E-state index contributed by atoms with van der Waals surface area (Å²) in [6, 6.07) is 0. The summed E-state index contributed by atoms with van der Waals surface area (Å²) in [6.07, 6.45) is 4.21. The third kappa shape index (κ3) is 10.5.